The first-order chi connectivity index (χ1) is 11.1. The molecule has 2 aromatic rings. The van der Waals surface area contributed by atoms with E-state index in [4.69, 9.17) is 0 Å². The van der Waals surface area contributed by atoms with Crippen LogP contribution >= 0.6 is 0 Å². The maximum absolute atomic E-state index is 11.9. The zero-order valence-corrected chi connectivity index (χ0v) is 13.7. The van der Waals surface area contributed by atoms with Gasteiger partial charge in [0.1, 0.15) is 0 Å². The average Bonchev–Trinajstić information content (AvgIpc) is 3.26. The van der Waals surface area contributed by atoms with Gasteiger partial charge in [0, 0.05) is 30.4 Å². The summed E-state index contributed by atoms with van der Waals surface area (Å²) in [6.07, 6.45) is 6.15. The number of carbonyl (C=O) groups is 1. The van der Waals surface area contributed by atoms with Gasteiger partial charge in [-0.15, -0.1) is 0 Å². The minimum atomic E-state index is 0.0365. The van der Waals surface area contributed by atoms with Crippen molar-refractivity contribution in [2.45, 2.75) is 51.9 Å². The zero-order chi connectivity index (χ0) is 16.2. The van der Waals surface area contributed by atoms with Crippen molar-refractivity contribution in [2.75, 3.05) is 0 Å². The van der Waals surface area contributed by atoms with Crippen LogP contribution in [0.25, 0.3) is 0 Å². The molecule has 1 aromatic carbocycles. The topological polar surface area (TPSA) is 59.0 Å². The highest BCUT2D eigenvalue weighted by molar-refractivity contribution is 5.94. The van der Waals surface area contributed by atoms with E-state index < -0.39 is 0 Å². The summed E-state index contributed by atoms with van der Waals surface area (Å²) < 4.78 is 1.96. The van der Waals surface area contributed by atoms with Gasteiger partial charge in [0.2, 0.25) is 0 Å². The second-order valence-corrected chi connectivity index (χ2v) is 6.47. The normalized spacial score (nSPS) is 15.4. The molecule has 0 aliphatic heterocycles. The van der Waals surface area contributed by atoms with Crippen LogP contribution in [0.4, 0.5) is 0 Å². The minimum Gasteiger partial charge on any atom is -0.349 e. The number of aryl methyl sites for hydroxylation is 1. The molecule has 1 unspecified atom stereocenters. The Balaban J connectivity index is 1.46. The van der Waals surface area contributed by atoms with Gasteiger partial charge >= 0.3 is 0 Å². The molecule has 0 bridgehead atoms. The SMILES string of the molecule is Cc1cnn(CC(C)NCc2ccc(C(=O)NC3CC3)cc2)c1. The number of hydrogen-bond donors (Lipinski definition) is 2. The summed E-state index contributed by atoms with van der Waals surface area (Å²) in [6, 6.07) is 8.55. The Hall–Kier alpha value is -2.14. The van der Waals surface area contributed by atoms with E-state index in [0.29, 0.717) is 12.1 Å². The van der Waals surface area contributed by atoms with Crippen LogP contribution in [0.15, 0.2) is 36.7 Å². The summed E-state index contributed by atoms with van der Waals surface area (Å²) in [4.78, 5) is 11.9. The van der Waals surface area contributed by atoms with Crippen LogP contribution in [0.5, 0.6) is 0 Å². The summed E-state index contributed by atoms with van der Waals surface area (Å²) in [7, 11) is 0. The van der Waals surface area contributed by atoms with Crippen LogP contribution in [0.3, 0.4) is 0 Å². The first-order valence-electron chi connectivity index (χ1n) is 8.22. The van der Waals surface area contributed by atoms with E-state index >= 15 is 0 Å². The van der Waals surface area contributed by atoms with Crippen molar-refractivity contribution in [3.63, 3.8) is 0 Å². The molecule has 1 aromatic heterocycles. The van der Waals surface area contributed by atoms with Gasteiger partial charge < -0.3 is 10.6 Å². The van der Waals surface area contributed by atoms with Crippen molar-refractivity contribution >= 4 is 5.91 Å². The molecule has 1 atom stereocenters. The van der Waals surface area contributed by atoms with E-state index in [1.54, 1.807) is 0 Å². The van der Waals surface area contributed by atoms with Gasteiger partial charge in [-0.25, -0.2) is 0 Å². The Kier molecular flexibility index (Phi) is 4.76. The molecule has 1 aliphatic carbocycles. The van der Waals surface area contributed by atoms with E-state index in [9.17, 15) is 4.79 Å². The third kappa shape index (κ3) is 4.66. The van der Waals surface area contributed by atoms with Crippen molar-refractivity contribution in [2.24, 2.45) is 0 Å². The highest BCUT2D eigenvalue weighted by atomic mass is 16.1. The molecule has 1 aliphatic rings. The summed E-state index contributed by atoms with van der Waals surface area (Å²) >= 11 is 0. The van der Waals surface area contributed by atoms with E-state index in [-0.39, 0.29) is 5.91 Å². The molecule has 0 saturated heterocycles. The molecule has 3 rings (SSSR count). The number of amides is 1. The number of hydrogen-bond acceptors (Lipinski definition) is 3. The van der Waals surface area contributed by atoms with Crippen molar-refractivity contribution in [3.05, 3.63) is 53.3 Å². The largest absolute Gasteiger partial charge is 0.349 e. The molecule has 0 radical (unpaired) electrons. The van der Waals surface area contributed by atoms with Gasteiger partial charge in [-0.3, -0.25) is 9.48 Å². The molecule has 1 saturated carbocycles. The Morgan fingerprint density at radius 1 is 1.35 bits per heavy atom. The quantitative estimate of drug-likeness (QED) is 0.824. The maximum atomic E-state index is 11.9. The maximum Gasteiger partial charge on any atom is 0.251 e. The van der Waals surface area contributed by atoms with Gasteiger partial charge in [-0.1, -0.05) is 12.1 Å². The fourth-order valence-electron chi connectivity index (χ4n) is 2.47. The van der Waals surface area contributed by atoms with Crippen LogP contribution in [-0.2, 0) is 13.1 Å². The molecular weight excluding hydrogens is 288 g/mol. The van der Waals surface area contributed by atoms with Crippen molar-refractivity contribution in [3.8, 4) is 0 Å². The Morgan fingerprint density at radius 3 is 2.70 bits per heavy atom. The second kappa shape index (κ2) is 6.96. The zero-order valence-electron chi connectivity index (χ0n) is 13.7. The molecule has 2 N–H and O–H groups in total. The molecule has 1 fully saturated rings. The number of nitrogens with one attached hydrogen (secondary N) is 2. The van der Waals surface area contributed by atoms with Crippen LogP contribution in [0.1, 0.15) is 41.3 Å². The lowest BCUT2D eigenvalue weighted by atomic mass is 10.1. The number of carbonyl (C=O) groups excluding carboxylic acids is 1. The molecule has 23 heavy (non-hydrogen) atoms. The number of rotatable bonds is 7. The monoisotopic (exact) mass is 312 g/mol. The fraction of sp³-hybridized carbons (Fsp3) is 0.444. The van der Waals surface area contributed by atoms with Gasteiger partial charge in [0.15, 0.2) is 0 Å². The summed E-state index contributed by atoms with van der Waals surface area (Å²) in [5.41, 5.74) is 3.09. The highest BCUT2D eigenvalue weighted by Crippen LogP contribution is 2.19. The lowest BCUT2D eigenvalue weighted by Gasteiger charge is -2.14. The van der Waals surface area contributed by atoms with E-state index in [1.807, 2.05) is 48.3 Å². The lowest BCUT2D eigenvalue weighted by Crippen LogP contribution is -2.30. The third-order valence-electron chi connectivity index (χ3n) is 4.01. The van der Waals surface area contributed by atoms with E-state index in [2.05, 4.69) is 22.7 Å². The Morgan fingerprint density at radius 2 is 2.09 bits per heavy atom. The minimum absolute atomic E-state index is 0.0365. The third-order valence-corrected chi connectivity index (χ3v) is 4.01. The number of nitrogens with zero attached hydrogens (tertiary/aromatic N) is 2. The van der Waals surface area contributed by atoms with Crippen LogP contribution in [-0.4, -0.2) is 27.8 Å². The number of benzene rings is 1. The molecular formula is C18H24N4O. The van der Waals surface area contributed by atoms with Gasteiger partial charge in [-0.05, 0) is 49.9 Å². The molecule has 0 spiro atoms. The number of aromatic nitrogens is 2. The average molecular weight is 312 g/mol. The molecule has 5 heteroatoms. The predicted molar refractivity (Wildman–Crippen MR) is 90.2 cm³/mol. The molecule has 1 heterocycles. The predicted octanol–water partition coefficient (Wildman–Crippen LogP) is 2.26. The molecule has 122 valence electrons. The first kappa shape index (κ1) is 15.7. The first-order valence-corrected chi connectivity index (χ1v) is 8.22. The second-order valence-electron chi connectivity index (χ2n) is 6.47. The van der Waals surface area contributed by atoms with Crippen LogP contribution in [0.2, 0.25) is 0 Å². The summed E-state index contributed by atoms with van der Waals surface area (Å²) in [6.45, 7) is 5.82. The van der Waals surface area contributed by atoms with E-state index in [1.165, 1.54) is 11.1 Å². The Labute approximate surface area is 137 Å². The Bertz CT molecular complexity index is 658. The molecule has 5 nitrogen and oxygen atoms in total. The smallest absolute Gasteiger partial charge is 0.251 e. The highest BCUT2D eigenvalue weighted by Gasteiger charge is 2.23. The van der Waals surface area contributed by atoms with Crippen LogP contribution < -0.4 is 10.6 Å². The summed E-state index contributed by atoms with van der Waals surface area (Å²) in [5.74, 6) is 0.0365. The lowest BCUT2D eigenvalue weighted by molar-refractivity contribution is 0.0951. The van der Waals surface area contributed by atoms with Crippen molar-refractivity contribution in [1.29, 1.82) is 0 Å². The van der Waals surface area contributed by atoms with Gasteiger partial charge in [-0.2, -0.15) is 5.10 Å². The fourth-order valence-corrected chi connectivity index (χ4v) is 2.47. The summed E-state index contributed by atoms with van der Waals surface area (Å²) in [5, 5.41) is 10.8. The molecule has 1 amide bonds. The van der Waals surface area contributed by atoms with E-state index in [0.717, 1.165) is 31.5 Å². The van der Waals surface area contributed by atoms with Crippen LogP contribution in [0, 0.1) is 6.92 Å². The van der Waals surface area contributed by atoms with Gasteiger partial charge in [0.25, 0.3) is 5.91 Å². The van der Waals surface area contributed by atoms with Gasteiger partial charge in [0.05, 0.1) is 12.7 Å². The van der Waals surface area contributed by atoms with Crippen molar-refractivity contribution in [1.82, 2.24) is 20.4 Å². The standard InChI is InChI=1S/C18H24N4O/c1-13-9-20-22(11-13)12-14(2)19-10-15-3-5-16(6-4-15)18(23)21-17-7-8-17/h3-6,9,11,14,17,19H,7-8,10,12H2,1-2H3,(H,21,23). The van der Waals surface area contributed by atoms with Crippen molar-refractivity contribution < 1.29 is 4.79 Å².